The van der Waals surface area contributed by atoms with Crippen LogP contribution in [-0.4, -0.2) is 62.7 Å². The lowest BCUT2D eigenvalue weighted by Gasteiger charge is -2.65. The van der Waals surface area contributed by atoms with Crippen LogP contribution in [-0.2, 0) is 19.1 Å². The van der Waals surface area contributed by atoms with Crippen LogP contribution in [0.5, 0.6) is 0 Å². The molecule has 0 radical (unpaired) electrons. The van der Waals surface area contributed by atoms with Crippen molar-refractivity contribution in [3.05, 3.63) is 11.1 Å². The van der Waals surface area contributed by atoms with Crippen molar-refractivity contribution in [1.29, 1.82) is 0 Å². The van der Waals surface area contributed by atoms with Crippen LogP contribution in [0.15, 0.2) is 11.1 Å². The molecular weight excluding hydrogens is 448 g/mol. The number of aliphatic hydroxyl groups excluding tert-OH is 2. The topological polar surface area (TPSA) is 113 Å². The number of fused-ring (bicyclic) bond motifs is 3. The molecule has 2 heterocycles. The van der Waals surface area contributed by atoms with Gasteiger partial charge in [-0.2, -0.15) is 0 Å². The first-order valence-electron chi connectivity index (χ1n) is 13.5. The molecule has 0 spiro atoms. The highest BCUT2D eigenvalue weighted by Gasteiger charge is 2.80. The molecule has 10 atom stereocenters. The second-order valence-corrected chi connectivity index (χ2v) is 13.1. The van der Waals surface area contributed by atoms with Crippen molar-refractivity contribution in [3.63, 3.8) is 0 Å². The van der Waals surface area contributed by atoms with Crippen LogP contribution in [0.25, 0.3) is 0 Å². The number of rotatable bonds is 2. The minimum atomic E-state index is -1.38. The van der Waals surface area contributed by atoms with E-state index in [1.54, 1.807) is 0 Å². The van der Waals surface area contributed by atoms with Gasteiger partial charge < -0.3 is 24.8 Å². The standard InChI is InChI=1S/C28H40O7/c1-15-12-22(34-23(32)16(15)14-29)26(4)19-8-11-28(35-26)18-13-21(31)27(33)9-5-6-20(30)25(27,3)17(18)7-10-24(19,28)2/h17-19,21-22,29,31,33H,5-14H2,1-4H3/t17-,18+,19-,21+,22+,24+,25-,26-,27-,28+/m0/s1. The predicted octanol–water partition coefficient (Wildman–Crippen LogP) is 2.84. The fourth-order valence-electron chi connectivity index (χ4n) is 10.3. The summed E-state index contributed by atoms with van der Waals surface area (Å²) in [6.07, 6.45) is 4.62. The Morgan fingerprint density at radius 2 is 1.80 bits per heavy atom. The van der Waals surface area contributed by atoms with Crippen molar-refractivity contribution in [2.24, 2.45) is 28.6 Å². The van der Waals surface area contributed by atoms with E-state index in [9.17, 15) is 24.9 Å². The van der Waals surface area contributed by atoms with Gasteiger partial charge in [-0.05, 0) is 83.5 Å². The van der Waals surface area contributed by atoms with Gasteiger partial charge in [0.1, 0.15) is 23.1 Å². The summed E-state index contributed by atoms with van der Waals surface area (Å²) in [4.78, 5) is 26.1. The van der Waals surface area contributed by atoms with Crippen LogP contribution in [0.1, 0.15) is 85.5 Å². The Bertz CT molecular complexity index is 1020. The summed E-state index contributed by atoms with van der Waals surface area (Å²) >= 11 is 0. The van der Waals surface area contributed by atoms with E-state index in [2.05, 4.69) is 13.8 Å². The summed E-state index contributed by atoms with van der Waals surface area (Å²) in [5, 5.41) is 32.7. The van der Waals surface area contributed by atoms with Crippen LogP contribution in [0.2, 0.25) is 0 Å². The highest BCUT2D eigenvalue weighted by atomic mass is 16.6. The first-order chi connectivity index (χ1) is 16.4. The molecule has 1 saturated heterocycles. The van der Waals surface area contributed by atoms with Crippen molar-refractivity contribution in [2.45, 2.75) is 114 Å². The molecule has 0 aromatic heterocycles. The second-order valence-electron chi connectivity index (χ2n) is 13.1. The van der Waals surface area contributed by atoms with Gasteiger partial charge in [0, 0.05) is 18.3 Å². The van der Waals surface area contributed by atoms with Gasteiger partial charge in [-0.3, -0.25) is 4.79 Å². The highest BCUT2D eigenvalue weighted by Crippen LogP contribution is 2.76. The van der Waals surface area contributed by atoms with Gasteiger partial charge in [-0.1, -0.05) is 12.5 Å². The maximum atomic E-state index is 13.4. The predicted molar refractivity (Wildman–Crippen MR) is 126 cm³/mol. The quantitative estimate of drug-likeness (QED) is 0.512. The van der Waals surface area contributed by atoms with Gasteiger partial charge in [-0.15, -0.1) is 0 Å². The summed E-state index contributed by atoms with van der Waals surface area (Å²) in [5.41, 5.74) is -2.54. The van der Waals surface area contributed by atoms with Crippen molar-refractivity contribution in [2.75, 3.05) is 6.61 Å². The molecule has 6 aliphatic rings. The minimum absolute atomic E-state index is 0.0423. The maximum Gasteiger partial charge on any atom is 0.336 e. The van der Waals surface area contributed by atoms with Gasteiger partial charge in [-0.25, -0.2) is 4.79 Å². The molecule has 3 N–H and O–H groups in total. The first kappa shape index (κ1) is 24.1. The molecule has 35 heavy (non-hydrogen) atoms. The molecule has 2 bridgehead atoms. The van der Waals surface area contributed by atoms with Crippen LogP contribution in [0.3, 0.4) is 0 Å². The van der Waals surface area contributed by atoms with E-state index in [4.69, 9.17) is 9.47 Å². The highest BCUT2D eigenvalue weighted by molar-refractivity contribution is 5.90. The zero-order valence-electron chi connectivity index (χ0n) is 21.4. The van der Waals surface area contributed by atoms with E-state index in [1.165, 1.54) is 0 Å². The number of carbonyl (C=O) groups is 2. The van der Waals surface area contributed by atoms with E-state index in [0.29, 0.717) is 37.7 Å². The van der Waals surface area contributed by atoms with Gasteiger partial charge in [0.15, 0.2) is 0 Å². The number of hydrogen-bond acceptors (Lipinski definition) is 7. The molecule has 0 unspecified atom stereocenters. The Morgan fingerprint density at radius 3 is 2.49 bits per heavy atom. The summed E-state index contributed by atoms with van der Waals surface area (Å²) in [7, 11) is 0. The normalized spacial score (nSPS) is 55.3. The van der Waals surface area contributed by atoms with Crippen molar-refractivity contribution >= 4 is 11.8 Å². The lowest BCUT2D eigenvalue weighted by molar-refractivity contribution is -0.281. The lowest BCUT2D eigenvalue weighted by atomic mass is 9.41. The summed E-state index contributed by atoms with van der Waals surface area (Å²) < 4.78 is 13.1. The Kier molecular flexibility index (Phi) is 4.94. The largest absolute Gasteiger partial charge is 0.456 e. The Balaban J connectivity index is 1.41. The van der Waals surface area contributed by atoms with Gasteiger partial charge in [0.25, 0.3) is 0 Å². The van der Waals surface area contributed by atoms with Gasteiger partial charge in [0.05, 0.1) is 29.3 Å². The molecule has 0 aromatic carbocycles. The Morgan fingerprint density at radius 1 is 1.06 bits per heavy atom. The summed E-state index contributed by atoms with van der Waals surface area (Å²) in [5.74, 6) is -0.289. The fourth-order valence-corrected chi connectivity index (χ4v) is 10.3. The number of ketones is 1. The fraction of sp³-hybridized carbons (Fsp3) is 0.857. The lowest BCUT2D eigenvalue weighted by Crippen LogP contribution is -2.72. The molecule has 7 heteroatoms. The molecule has 7 nitrogen and oxygen atoms in total. The second kappa shape index (κ2) is 7.18. The number of ether oxygens (including phenoxy) is 2. The van der Waals surface area contributed by atoms with Crippen molar-refractivity contribution < 1.29 is 34.4 Å². The summed E-state index contributed by atoms with van der Waals surface area (Å²) in [6.45, 7) is 7.85. The third-order valence-electron chi connectivity index (χ3n) is 12.2. The third-order valence-corrected chi connectivity index (χ3v) is 12.2. The molecule has 5 fully saturated rings. The number of esters is 1. The van der Waals surface area contributed by atoms with Crippen molar-refractivity contribution in [3.8, 4) is 0 Å². The van der Waals surface area contributed by atoms with Crippen LogP contribution in [0.4, 0.5) is 0 Å². The van der Waals surface area contributed by atoms with Crippen LogP contribution < -0.4 is 0 Å². The number of cyclic esters (lactones) is 1. The monoisotopic (exact) mass is 488 g/mol. The molecule has 4 aliphatic carbocycles. The third kappa shape index (κ3) is 2.56. The minimum Gasteiger partial charge on any atom is -0.456 e. The SMILES string of the molecule is CC1=C(CO)C(=O)O[C@@H]([C@@]2(C)O[C@@]34CC[C@H]2[C@@]3(C)CC[C@H]2[C@H]4C[C@@H](O)[C@@]3(O)CCCC(=O)[C@]23C)C1. The van der Waals surface area contributed by atoms with Gasteiger partial charge >= 0.3 is 5.97 Å². The Hall–Kier alpha value is -1.28. The van der Waals surface area contributed by atoms with E-state index in [0.717, 1.165) is 31.3 Å². The van der Waals surface area contributed by atoms with E-state index in [-0.39, 0.29) is 35.6 Å². The maximum absolute atomic E-state index is 13.4. The van der Waals surface area contributed by atoms with Crippen LogP contribution in [0, 0.1) is 28.6 Å². The Labute approximate surface area is 207 Å². The van der Waals surface area contributed by atoms with Crippen LogP contribution >= 0.6 is 0 Å². The average Bonchev–Trinajstić information content (AvgIpc) is 3.20. The molecule has 0 aromatic rings. The molecular formula is C28H40O7. The molecule has 4 saturated carbocycles. The number of carbonyl (C=O) groups excluding carboxylic acids is 2. The summed E-state index contributed by atoms with van der Waals surface area (Å²) in [6, 6.07) is 0. The number of hydrogen-bond donors (Lipinski definition) is 3. The smallest absolute Gasteiger partial charge is 0.336 e. The number of Topliss-reactive ketones (excluding diaryl/α,β-unsaturated/α-hetero) is 1. The molecule has 2 aliphatic heterocycles. The van der Waals surface area contributed by atoms with E-state index >= 15 is 0 Å². The molecule has 194 valence electrons. The zero-order chi connectivity index (χ0) is 25.2. The average molecular weight is 489 g/mol. The molecule has 0 amide bonds. The molecule has 6 rings (SSSR count). The van der Waals surface area contributed by atoms with E-state index in [1.807, 2.05) is 13.8 Å². The number of aliphatic hydroxyl groups is 3. The van der Waals surface area contributed by atoms with Crippen molar-refractivity contribution in [1.82, 2.24) is 0 Å². The van der Waals surface area contributed by atoms with Gasteiger partial charge in [0.2, 0.25) is 0 Å². The van der Waals surface area contributed by atoms with E-state index < -0.39 is 40.4 Å². The zero-order valence-corrected chi connectivity index (χ0v) is 21.4. The first-order valence-corrected chi connectivity index (χ1v) is 13.5.